The summed E-state index contributed by atoms with van der Waals surface area (Å²) in [5.41, 5.74) is 3.60. The molecule has 4 nitrogen and oxygen atoms in total. The van der Waals surface area contributed by atoms with Crippen LogP contribution < -0.4 is 10.6 Å². The zero-order chi connectivity index (χ0) is 15.9. The molecule has 114 valence electrons. The molecule has 0 bridgehead atoms. The van der Waals surface area contributed by atoms with Gasteiger partial charge < -0.3 is 10.6 Å². The summed E-state index contributed by atoms with van der Waals surface area (Å²) in [6.07, 6.45) is 0.747. The van der Waals surface area contributed by atoms with Gasteiger partial charge in [-0.25, -0.2) is 0 Å². The SMILES string of the molecule is CCc1ccc(NC(=O)CC(=O)Nc2ccccc2C)cc1. The molecule has 2 aromatic rings. The van der Waals surface area contributed by atoms with Crippen LogP contribution in [-0.2, 0) is 16.0 Å². The Kier molecular flexibility index (Phi) is 5.31. The summed E-state index contributed by atoms with van der Waals surface area (Å²) in [6.45, 7) is 3.98. The Hall–Kier alpha value is -2.62. The van der Waals surface area contributed by atoms with E-state index in [0.29, 0.717) is 5.69 Å². The maximum atomic E-state index is 11.9. The monoisotopic (exact) mass is 296 g/mol. The molecule has 0 fully saturated rings. The molecule has 0 unspecified atom stereocenters. The largest absolute Gasteiger partial charge is 0.326 e. The predicted octanol–water partition coefficient (Wildman–Crippen LogP) is 3.52. The van der Waals surface area contributed by atoms with Gasteiger partial charge in [0.25, 0.3) is 0 Å². The second kappa shape index (κ2) is 7.41. The summed E-state index contributed by atoms with van der Waals surface area (Å²) in [6, 6.07) is 15.1. The van der Waals surface area contributed by atoms with Crippen LogP contribution in [0.4, 0.5) is 11.4 Å². The molecule has 0 atom stereocenters. The highest BCUT2D eigenvalue weighted by atomic mass is 16.2. The van der Waals surface area contributed by atoms with E-state index >= 15 is 0 Å². The maximum absolute atomic E-state index is 11.9. The molecule has 0 saturated carbocycles. The molecular weight excluding hydrogens is 276 g/mol. The van der Waals surface area contributed by atoms with Gasteiger partial charge in [-0.3, -0.25) is 9.59 Å². The molecule has 0 aromatic heterocycles. The van der Waals surface area contributed by atoms with Crippen molar-refractivity contribution in [1.82, 2.24) is 0 Å². The van der Waals surface area contributed by atoms with Gasteiger partial charge in [-0.2, -0.15) is 0 Å². The second-order valence-electron chi connectivity index (χ2n) is 5.14. The molecule has 2 amide bonds. The van der Waals surface area contributed by atoms with Crippen LogP contribution in [0.15, 0.2) is 48.5 Å². The smallest absolute Gasteiger partial charge is 0.233 e. The molecule has 0 saturated heterocycles. The quantitative estimate of drug-likeness (QED) is 0.829. The first-order valence-electron chi connectivity index (χ1n) is 7.32. The summed E-state index contributed by atoms with van der Waals surface area (Å²) in [4.78, 5) is 23.8. The number of aryl methyl sites for hydroxylation is 2. The predicted molar refractivity (Wildman–Crippen MR) is 88.9 cm³/mol. The van der Waals surface area contributed by atoms with E-state index in [9.17, 15) is 9.59 Å². The van der Waals surface area contributed by atoms with Gasteiger partial charge in [0.1, 0.15) is 6.42 Å². The van der Waals surface area contributed by atoms with Crippen molar-refractivity contribution in [2.75, 3.05) is 10.6 Å². The Labute approximate surface area is 130 Å². The topological polar surface area (TPSA) is 58.2 Å². The van der Waals surface area contributed by atoms with Crippen molar-refractivity contribution in [3.05, 3.63) is 59.7 Å². The Morgan fingerprint density at radius 1 is 0.909 bits per heavy atom. The molecule has 2 aromatic carbocycles. The Morgan fingerprint density at radius 3 is 2.18 bits per heavy atom. The zero-order valence-corrected chi connectivity index (χ0v) is 12.8. The van der Waals surface area contributed by atoms with E-state index in [2.05, 4.69) is 17.6 Å². The number of anilines is 2. The molecular formula is C18H20N2O2. The molecule has 0 aliphatic carbocycles. The van der Waals surface area contributed by atoms with Crippen LogP contribution in [0, 0.1) is 6.92 Å². The van der Waals surface area contributed by atoms with E-state index in [-0.39, 0.29) is 18.2 Å². The Bertz CT molecular complexity index is 663. The average molecular weight is 296 g/mol. The summed E-state index contributed by atoms with van der Waals surface area (Å²) in [5, 5.41) is 5.47. The molecule has 0 aliphatic heterocycles. The van der Waals surface area contributed by atoms with E-state index in [1.807, 2.05) is 55.5 Å². The number of para-hydroxylation sites is 1. The summed E-state index contributed by atoms with van der Waals surface area (Å²) >= 11 is 0. The minimum atomic E-state index is -0.324. The van der Waals surface area contributed by atoms with Gasteiger partial charge in [-0.1, -0.05) is 37.3 Å². The fourth-order valence-electron chi connectivity index (χ4n) is 2.08. The fraction of sp³-hybridized carbons (Fsp3) is 0.222. The Balaban J connectivity index is 1.88. The number of carbonyl (C=O) groups is 2. The number of hydrogen-bond donors (Lipinski definition) is 2. The van der Waals surface area contributed by atoms with Crippen LogP contribution in [0.5, 0.6) is 0 Å². The van der Waals surface area contributed by atoms with Crippen molar-refractivity contribution in [2.45, 2.75) is 26.7 Å². The van der Waals surface area contributed by atoms with Crippen molar-refractivity contribution in [3.8, 4) is 0 Å². The van der Waals surface area contributed by atoms with Crippen molar-refractivity contribution in [1.29, 1.82) is 0 Å². The van der Waals surface area contributed by atoms with Crippen LogP contribution in [0.3, 0.4) is 0 Å². The lowest BCUT2D eigenvalue weighted by atomic mass is 10.1. The van der Waals surface area contributed by atoms with Gasteiger partial charge in [-0.15, -0.1) is 0 Å². The van der Waals surface area contributed by atoms with Crippen LogP contribution in [0.25, 0.3) is 0 Å². The highest BCUT2D eigenvalue weighted by Crippen LogP contribution is 2.14. The van der Waals surface area contributed by atoms with Crippen molar-refractivity contribution < 1.29 is 9.59 Å². The zero-order valence-electron chi connectivity index (χ0n) is 12.8. The van der Waals surface area contributed by atoms with Gasteiger partial charge in [0, 0.05) is 11.4 Å². The van der Waals surface area contributed by atoms with Crippen LogP contribution in [-0.4, -0.2) is 11.8 Å². The van der Waals surface area contributed by atoms with Crippen LogP contribution in [0.2, 0.25) is 0 Å². The number of nitrogens with one attached hydrogen (secondary N) is 2. The van der Waals surface area contributed by atoms with Gasteiger partial charge in [0.05, 0.1) is 0 Å². The minimum absolute atomic E-state index is 0.205. The van der Waals surface area contributed by atoms with Crippen LogP contribution in [0.1, 0.15) is 24.5 Å². The average Bonchev–Trinajstić information content (AvgIpc) is 2.50. The van der Waals surface area contributed by atoms with E-state index in [1.165, 1.54) is 5.56 Å². The Morgan fingerprint density at radius 2 is 1.55 bits per heavy atom. The maximum Gasteiger partial charge on any atom is 0.233 e. The molecule has 0 aliphatic rings. The highest BCUT2D eigenvalue weighted by molar-refractivity contribution is 6.08. The lowest BCUT2D eigenvalue weighted by Crippen LogP contribution is -2.21. The van der Waals surface area contributed by atoms with E-state index in [4.69, 9.17) is 0 Å². The standard InChI is InChI=1S/C18H20N2O2/c1-3-14-8-10-15(11-9-14)19-17(21)12-18(22)20-16-7-5-4-6-13(16)2/h4-11H,3,12H2,1-2H3,(H,19,21)(H,20,22). The molecule has 4 heteroatoms. The number of hydrogen-bond acceptors (Lipinski definition) is 2. The molecule has 0 radical (unpaired) electrons. The van der Waals surface area contributed by atoms with E-state index in [1.54, 1.807) is 0 Å². The minimum Gasteiger partial charge on any atom is -0.326 e. The first-order valence-corrected chi connectivity index (χ1v) is 7.32. The van der Waals surface area contributed by atoms with E-state index < -0.39 is 0 Å². The van der Waals surface area contributed by atoms with Gasteiger partial charge >= 0.3 is 0 Å². The number of benzene rings is 2. The molecule has 2 N–H and O–H groups in total. The van der Waals surface area contributed by atoms with Crippen LogP contribution >= 0.6 is 0 Å². The lowest BCUT2D eigenvalue weighted by molar-refractivity contribution is -0.123. The first-order chi connectivity index (χ1) is 10.6. The third-order valence-corrected chi connectivity index (χ3v) is 3.39. The highest BCUT2D eigenvalue weighted by Gasteiger charge is 2.10. The number of amides is 2. The lowest BCUT2D eigenvalue weighted by Gasteiger charge is -2.09. The van der Waals surface area contributed by atoms with E-state index in [0.717, 1.165) is 17.7 Å². The second-order valence-corrected chi connectivity index (χ2v) is 5.14. The first kappa shape index (κ1) is 15.8. The fourth-order valence-corrected chi connectivity index (χ4v) is 2.08. The van der Waals surface area contributed by atoms with Gasteiger partial charge in [0.15, 0.2) is 0 Å². The summed E-state index contributed by atoms with van der Waals surface area (Å²) < 4.78 is 0. The molecule has 0 spiro atoms. The number of carbonyl (C=O) groups excluding carboxylic acids is 2. The third kappa shape index (κ3) is 4.45. The summed E-state index contributed by atoms with van der Waals surface area (Å²) in [5.74, 6) is -0.646. The normalized spacial score (nSPS) is 10.1. The van der Waals surface area contributed by atoms with Gasteiger partial charge in [-0.05, 0) is 42.7 Å². The molecule has 22 heavy (non-hydrogen) atoms. The molecule has 2 rings (SSSR count). The van der Waals surface area contributed by atoms with Crippen molar-refractivity contribution >= 4 is 23.2 Å². The van der Waals surface area contributed by atoms with Crippen molar-refractivity contribution in [3.63, 3.8) is 0 Å². The van der Waals surface area contributed by atoms with Gasteiger partial charge in [0.2, 0.25) is 11.8 Å². The molecule has 0 heterocycles. The third-order valence-electron chi connectivity index (χ3n) is 3.39. The summed E-state index contributed by atoms with van der Waals surface area (Å²) in [7, 11) is 0. The van der Waals surface area contributed by atoms with Crippen molar-refractivity contribution in [2.24, 2.45) is 0 Å². The number of rotatable bonds is 5.